The normalized spacial score (nSPS) is 12.7. The molecule has 0 aliphatic carbocycles. The lowest BCUT2D eigenvalue weighted by Crippen LogP contribution is -2.29. The van der Waals surface area contributed by atoms with Crippen LogP contribution in [0.25, 0.3) is 0 Å². The van der Waals surface area contributed by atoms with Crippen LogP contribution in [0.15, 0.2) is 18.2 Å². The molecule has 1 unspecified atom stereocenters. The van der Waals surface area contributed by atoms with Crippen LogP contribution >= 0.6 is 11.6 Å². The molecule has 0 saturated heterocycles. The van der Waals surface area contributed by atoms with Crippen molar-refractivity contribution in [3.05, 3.63) is 34.6 Å². The van der Waals surface area contributed by atoms with Gasteiger partial charge < -0.3 is 15.2 Å². The summed E-state index contributed by atoms with van der Waals surface area (Å²) in [5.41, 5.74) is 6.38. The third kappa shape index (κ3) is 5.46. The van der Waals surface area contributed by atoms with Crippen LogP contribution in [0.1, 0.15) is 5.56 Å². The number of hydrogen-bond acceptors (Lipinski definition) is 3. The second-order valence-electron chi connectivity index (χ2n) is 3.77. The number of rotatable bonds is 7. The SMILES string of the molecule is COCCOCC(N)Cc1ccc(Cl)cc1F. The van der Waals surface area contributed by atoms with E-state index in [2.05, 4.69) is 0 Å². The monoisotopic (exact) mass is 261 g/mol. The fraction of sp³-hybridized carbons (Fsp3) is 0.500. The van der Waals surface area contributed by atoms with Crippen LogP contribution < -0.4 is 5.73 Å². The van der Waals surface area contributed by atoms with Crippen molar-refractivity contribution in [3.63, 3.8) is 0 Å². The van der Waals surface area contributed by atoms with Crippen LogP contribution in [0.5, 0.6) is 0 Å². The zero-order valence-corrected chi connectivity index (χ0v) is 10.5. The van der Waals surface area contributed by atoms with Crippen LogP contribution in [-0.4, -0.2) is 33.0 Å². The molecule has 3 nitrogen and oxygen atoms in total. The van der Waals surface area contributed by atoms with Crippen LogP contribution in [0.3, 0.4) is 0 Å². The van der Waals surface area contributed by atoms with E-state index in [0.29, 0.717) is 36.8 Å². The van der Waals surface area contributed by atoms with Gasteiger partial charge in [-0.25, -0.2) is 4.39 Å². The summed E-state index contributed by atoms with van der Waals surface area (Å²) < 4.78 is 23.6. The van der Waals surface area contributed by atoms with E-state index in [1.807, 2.05) is 0 Å². The van der Waals surface area contributed by atoms with E-state index in [1.54, 1.807) is 19.2 Å². The highest BCUT2D eigenvalue weighted by molar-refractivity contribution is 6.30. The molecule has 0 heterocycles. The topological polar surface area (TPSA) is 44.5 Å². The molecule has 0 fully saturated rings. The Labute approximate surface area is 106 Å². The fourth-order valence-corrected chi connectivity index (χ4v) is 1.56. The summed E-state index contributed by atoms with van der Waals surface area (Å²) >= 11 is 5.66. The molecule has 0 spiro atoms. The van der Waals surface area contributed by atoms with Crippen molar-refractivity contribution < 1.29 is 13.9 Å². The molecule has 17 heavy (non-hydrogen) atoms. The van der Waals surface area contributed by atoms with Crippen LogP contribution in [-0.2, 0) is 15.9 Å². The van der Waals surface area contributed by atoms with Gasteiger partial charge in [-0.2, -0.15) is 0 Å². The maximum Gasteiger partial charge on any atom is 0.127 e. The van der Waals surface area contributed by atoms with Gasteiger partial charge in [0.2, 0.25) is 0 Å². The summed E-state index contributed by atoms with van der Waals surface area (Å²) in [6.07, 6.45) is 0.427. The lowest BCUT2D eigenvalue weighted by molar-refractivity contribution is 0.0636. The fourth-order valence-electron chi connectivity index (χ4n) is 1.41. The van der Waals surface area contributed by atoms with E-state index in [-0.39, 0.29) is 11.9 Å². The Bertz CT molecular complexity index is 349. The van der Waals surface area contributed by atoms with Gasteiger partial charge in [0.05, 0.1) is 19.8 Å². The summed E-state index contributed by atoms with van der Waals surface area (Å²) in [6.45, 7) is 1.40. The van der Waals surface area contributed by atoms with E-state index in [0.717, 1.165) is 0 Å². The van der Waals surface area contributed by atoms with E-state index in [9.17, 15) is 4.39 Å². The van der Waals surface area contributed by atoms with Gasteiger partial charge in [0.25, 0.3) is 0 Å². The maximum atomic E-state index is 13.5. The van der Waals surface area contributed by atoms with Gasteiger partial charge in [0.15, 0.2) is 0 Å². The van der Waals surface area contributed by atoms with Crippen molar-refractivity contribution >= 4 is 11.6 Å². The zero-order chi connectivity index (χ0) is 12.7. The Kier molecular flexibility index (Phi) is 6.44. The Hall–Kier alpha value is -0.680. The Morgan fingerprint density at radius 2 is 2.18 bits per heavy atom. The minimum Gasteiger partial charge on any atom is -0.382 e. The number of hydrogen-bond donors (Lipinski definition) is 1. The molecule has 0 bridgehead atoms. The molecule has 1 atom stereocenters. The molecule has 96 valence electrons. The number of ether oxygens (including phenoxy) is 2. The van der Waals surface area contributed by atoms with Crippen molar-refractivity contribution in [2.45, 2.75) is 12.5 Å². The van der Waals surface area contributed by atoms with Crippen molar-refractivity contribution in [2.75, 3.05) is 26.9 Å². The molecule has 0 aromatic heterocycles. The molecular weight excluding hydrogens is 245 g/mol. The Balaban J connectivity index is 2.37. The molecule has 0 radical (unpaired) electrons. The molecular formula is C12H17ClFNO2. The first-order valence-electron chi connectivity index (χ1n) is 5.39. The highest BCUT2D eigenvalue weighted by Crippen LogP contribution is 2.15. The quantitative estimate of drug-likeness (QED) is 0.764. The third-order valence-electron chi connectivity index (χ3n) is 2.26. The summed E-state index contributed by atoms with van der Waals surface area (Å²) in [4.78, 5) is 0. The van der Waals surface area contributed by atoms with Crippen LogP contribution in [0.4, 0.5) is 4.39 Å². The van der Waals surface area contributed by atoms with Crippen LogP contribution in [0, 0.1) is 5.82 Å². The lowest BCUT2D eigenvalue weighted by Gasteiger charge is -2.12. The van der Waals surface area contributed by atoms with E-state index in [4.69, 9.17) is 26.8 Å². The first-order valence-corrected chi connectivity index (χ1v) is 5.77. The van der Waals surface area contributed by atoms with Gasteiger partial charge in [-0.05, 0) is 24.1 Å². The highest BCUT2D eigenvalue weighted by Gasteiger charge is 2.09. The Morgan fingerprint density at radius 1 is 1.41 bits per heavy atom. The molecule has 1 aromatic carbocycles. The van der Waals surface area contributed by atoms with Crippen molar-refractivity contribution in [3.8, 4) is 0 Å². The molecule has 2 N–H and O–H groups in total. The van der Waals surface area contributed by atoms with E-state index >= 15 is 0 Å². The van der Waals surface area contributed by atoms with Gasteiger partial charge in [-0.3, -0.25) is 0 Å². The molecule has 0 aliphatic heterocycles. The summed E-state index contributed by atoms with van der Waals surface area (Å²) in [7, 11) is 1.60. The second kappa shape index (κ2) is 7.61. The summed E-state index contributed by atoms with van der Waals surface area (Å²) in [5, 5.41) is 0.385. The standard InChI is InChI=1S/C12H17ClFNO2/c1-16-4-5-17-8-11(15)6-9-2-3-10(13)7-12(9)14/h2-3,7,11H,4-6,8,15H2,1H3. The number of halogens is 2. The van der Waals surface area contributed by atoms with Crippen molar-refractivity contribution in [2.24, 2.45) is 5.73 Å². The average Bonchev–Trinajstić information content (AvgIpc) is 2.28. The molecule has 0 aliphatic rings. The largest absolute Gasteiger partial charge is 0.382 e. The van der Waals surface area contributed by atoms with Gasteiger partial charge in [0, 0.05) is 18.2 Å². The predicted octanol–water partition coefficient (Wildman–Crippen LogP) is 2.01. The molecule has 0 saturated carbocycles. The van der Waals surface area contributed by atoms with E-state index < -0.39 is 0 Å². The van der Waals surface area contributed by atoms with Gasteiger partial charge >= 0.3 is 0 Å². The smallest absolute Gasteiger partial charge is 0.127 e. The number of benzene rings is 1. The lowest BCUT2D eigenvalue weighted by atomic mass is 10.1. The Morgan fingerprint density at radius 3 is 2.82 bits per heavy atom. The predicted molar refractivity (Wildman–Crippen MR) is 65.8 cm³/mol. The van der Waals surface area contributed by atoms with Gasteiger partial charge in [-0.1, -0.05) is 17.7 Å². The molecule has 0 amide bonds. The molecule has 5 heteroatoms. The minimum absolute atomic E-state index is 0.234. The second-order valence-corrected chi connectivity index (χ2v) is 4.20. The number of nitrogens with two attached hydrogens (primary N) is 1. The van der Waals surface area contributed by atoms with Crippen LogP contribution in [0.2, 0.25) is 5.02 Å². The highest BCUT2D eigenvalue weighted by atomic mass is 35.5. The van der Waals surface area contributed by atoms with E-state index in [1.165, 1.54) is 6.07 Å². The van der Waals surface area contributed by atoms with Gasteiger partial charge in [-0.15, -0.1) is 0 Å². The number of methoxy groups -OCH3 is 1. The molecule has 1 aromatic rings. The first-order chi connectivity index (χ1) is 8.13. The zero-order valence-electron chi connectivity index (χ0n) is 9.79. The minimum atomic E-state index is -0.329. The van der Waals surface area contributed by atoms with Crippen molar-refractivity contribution in [1.29, 1.82) is 0 Å². The average molecular weight is 262 g/mol. The summed E-state index contributed by atoms with van der Waals surface area (Å²) in [5.74, 6) is -0.329. The third-order valence-corrected chi connectivity index (χ3v) is 2.50. The maximum absolute atomic E-state index is 13.5. The first kappa shape index (κ1) is 14.4. The summed E-state index contributed by atoms with van der Waals surface area (Å²) in [6, 6.07) is 4.35. The van der Waals surface area contributed by atoms with Gasteiger partial charge in [0.1, 0.15) is 5.82 Å². The molecule has 1 rings (SSSR count). The van der Waals surface area contributed by atoms with Crippen molar-refractivity contribution in [1.82, 2.24) is 0 Å².